The molecule has 0 aromatic heterocycles. The van der Waals surface area contributed by atoms with Crippen LogP contribution in [0.3, 0.4) is 0 Å². The van der Waals surface area contributed by atoms with Crippen LogP contribution < -0.4 is 0 Å². The fourth-order valence-corrected chi connectivity index (χ4v) is 4.48. The van der Waals surface area contributed by atoms with E-state index in [4.69, 9.17) is 0 Å². The molecule has 2 unspecified atom stereocenters. The second-order valence-electron chi connectivity index (χ2n) is 7.81. The number of nitrogens with zero attached hydrogens (tertiary/aromatic N) is 1. The molecule has 3 aromatic rings. The van der Waals surface area contributed by atoms with E-state index < -0.39 is 5.60 Å². The molecule has 2 atom stereocenters. The van der Waals surface area contributed by atoms with Crippen LogP contribution in [-0.4, -0.2) is 22.7 Å². The quantitative estimate of drug-likeness (QED) is 0.696. The summed E-state index contributed by atoms with van der Waals surface area (Å²) in [5, 5.41) is 11.7. The summed E-state index contributed by atoms with van der Waals surface area (Å²) >= 11 is 0. The highest BCUT2D eigenvalue weighted by Gasteiger charge is 2.43. The molecule has 1 aliphatic rings. The molecule has 0 bridgehead atoms. The Balaban J connectivity index is 1.70. The molecular weight excluding hydrogens is 330 g/mol. The average molecular weight is 357 g/mol. The fraction of sp³-hybridized carbons (Fsp3) is 0.280. The van der Waals surface area contributed by atoms with Gasteiger partial charge in [-0.25, -0.2) is 0 Å². The van der Waals surface area contributed by atoms with Gasteiger partial charge in [0.2, 0.25) is 0 Å². The van der Waals surface area contributed by atoms with Gasteiger partial charge >= 0.3 is 0 Å². The third-order valence-electron chi connectivity index (χ3n) is 5.87. The van der Waals surface area contributed by atoms with Crippen molar-refractivity contribution in [1.82, 2.24) is 4.90 Å². The number of hydrogen-bond donors (Lipinski definition) is 1. The molecule has 138 valence electrons. The van der Waals surface area contributed by atoms with E-state index in [1.807, 2.05) is 6.07 Å². The third-order valence-corrected chi connectivity index (χ3v) is 5.87. The first-order chi connectivity index (χ1) is 13.1. The van der Waals surface area contributed by atoms with Crippen LogP contribution in [0.25, 0.3) is 0 Å². The van der Waals surface area contributed by atoms with Crippen LogP contribution in [0.4, 0.5) is 0 Å². The van der Waals surface area contributed by atoms with Gasteiger partial charge in [-0.3, -0.25) is 4.90 Å². The molecule has 1 aliphatic heterocycles. The summed E-state index contributed by atoms with van der Waals surface area (Å²) in [6.45, 7) is 0. The minimum Gasteiger partial charge on any atom is -0.389 e. The summed E-state index contributed by atoms with van der Waals surface area (Å²) in [6.07, 6.45) is 2.17. The summed E-state index contributed by atoms with van der Waals surface area (Å²) in [6, 6.07) is 31.9. The van der Waals surface area contributed by atoms with E-state index in [0.717, 1.165) is 12.8 Å². The molecule has 2 heteroatoms. The molecule has 1 heterocycles. The lowest BCUT2D eigenvalue weighted by Crippen LogP contribution is -2.47. The molecule has 2 nitrogen and oxygen atoms in total. The van der Waals surface area contributed by atoms with Crippen molar-refractivity contribution in [2.24, 2.45) is 0 Å². The van der Waals surface area contributed by atoms with Crippen LogP contribution in [0.15, 0.2) is 91.0 Å². The Morgan fingerprint density at radius 1 is 0.741 bits per heavy atom. The van der Waals surface area contributed by atoms with Crippen LogP contribution in [0.1, 0.15) is 41.6 Å². The Labute approximate surface area is 162 Å². The van der Waals surface area contributed by atoms with Gasteiger partial charge in [-0.05, 0) is 36.6 Å². The Bertz CT molecular complexity index is 798. The summed E-state index contributed by atoms with van der Waals surface area (Å²) in [4.78, 5) is 2.43. The van der Waals surface area contributed by atoms with Gasteiger partial charge in [-0.1, -0.05) is 91.0 Å². The summed E-state index contributed by atoms with van der Waals surface area (Å²) in [5.74, 6) is 0. The normalized spacial score (nSPS) is 26.0. The lowest BCUT2D eigenvalue weighted by Gasteiger charge is -2.48. The summed E-state index contributed by atoms with van der Waals surface area (Å²) in [7, 11) is 2.19. The number of aliphatic hydroxyl groups is 1. The van der Waals surface area contributed by atoms with Crippen molar-refractivity contribution in [3.8, 4) is 0 Å². The average Bonchev–Trinajstić information content (AvgIpc) is 2.72. The predicted molar refractivity (Wildman–Crippen MR) is 110 cm³/mol. The molecule has 0 spiro atoms. The van der Waals surface area contributed by atoms with Gasteiger partial charge < -0.3 is 5.11 Å². The van der Waals surface area contributed by atoms with E-state index in [-0.39, 0.29) is 12.1 Å². The zero-order chi connectivity index (χ0) is 18.7. The minimum absolute atomic E-state index is 0.193. The number of rotatable bonds is 4. The first kappa shape index (κ1) is 18.0. The van der Waals surface area contributed by atoms with E-state index >= 15 is 0 Å². The first-order valence-electron chi connectivity index (χ1n) is 9.73. The Kier molecular flexibility index (Phi) is 5.11. The summed E-state index contributed by atoms with van der Waals surface area (Å²) in [5.41, 5.74) is 3.01. The van der Waals surface area contributed by atoms with Gasteiger partial charge in [0, 0.05) is 18.5 Å². The number of benzene rings is 3. The van der Waals surface area contributed by atoms with Crippen LogP contribution in [0, 0.1) is 0 Å². The molecule has 3 aromatic carbocycles. The first-order valence-corrected chi connectivity index (χ1v) is 9.73. The van der Waals surface area contributed by atoms with E-state index in [0.29, 0.717) is 6.42 Å². The van der Waals surface area contributed by atoms with Gasteiger partial charge in [0.1, 0.15) is 0 Å². The SMILES string of the molecule is CN1C(c2ccccc2)CC(O)(Cc2ccccc2)CC1c1ccccc1. The Morgan fingerprint density at radius 2 is 1.15 bits per heavy atom. The van der Waals surface area contributed by atoms with Crippen LogP contribution in [0.5, 0.6) is 0 Å². The van der Waals surface area contributed by atoms with Gasteiger partial charge in [0.25, 0.3) is 0 Å². The van der Waals surface area contributed by atoms with Crippen molar-refractivity contribution in [3.05, 3.63) is 108 Å². The van der Waals surface area contributed by atoms with E-state index in [9.17, 15) is 5.11 Å². The zero-order valence-electron chi connectivity index (χ0n) is 15.8. The van der Waals surface area contributed by atoms with Crippen molar-refractivity contribution < 1.29 is 5.11 Å². The topological polar surface area (TPSA) is 23.5 Å². The smallest absolute Gasteiger partial charge is 0.0724 e. The van der Waals surface area contributed by atoms with Crippen molar-refractivity contribution in [3.63, 3.8) is 0 Å². The molecule has 4 rings (SSSR count). The zero-order valence-corrected chi connectivity index (χ0v) is 15.8. The molecule has 1 N–H and O–H groups in total. The number of likely N-dealkylation sites (tertiary alicyclic amines) is 1. The number of hydrogen-bond acceptors (Lipinski definition) is 2. The van der Waals surface area contributed by atoms with E-state index in [1.54, 1.807) is 0 Å². The second-order valence-corrected chi connectivity index (χ2v) is 7.81. The highest BCUT2D eigenvalue weighted by Crippen LogP contribution is 2.46. The standard InChI is InChI=1S/C25H27NO/c1-26-23(21-13-7-3-8-14-21)18-25(27,17-20-11-5-2-6-12-20)19-24(26)22-15-9-4-10-16-22/h2-16,23-24,27H,17-19H2,1H3. The molecule has 27 heavy (non-hydrogen) atoms. The van der Waals surface area contributed by atoms with Gasteiger partial charge in [0.05, 0.1) is 5.60 Å². The van der Waals surface area contributed by atoms with Crippen LogP contribution in [0.2, 0.25) is 0 Å². The highest BCUT2D eigenvalue weighted by atomic mass is 16.3. The second kappa shape index (κ2) is 7.67. The molecule has 0 aliphatic carbocycles. The maximum Gasteiger partial charge on any atom is 0.0724 e. The van der Waals surface area contributed by atoms with E-state index in [1.165, 1.54) is 16.7 Å². The lowest BCUT2D eigenvalue weighted by atomic mass is 9.75. The molecule has 0 amide bonds. The van der Waals surface area contributed by atoms with Crippen LogP contribution in [-0.2, 0) is 6.42 Å². The van der Waals surface area contributed by atoms with Gasteiger partial charge in [0.15, 0.2) is 0 Å². The van der Waals surface area contributed by atoms with Crippen LogP contribution >= 0.6 is 0 Å². The van der Waals surface area contributed by atoms with Gasteiger partial charge in [-0.2, -0.15) is 0 Å². The molecule has 0 saturated carbocycles. The summed E-state index contributed by atoms with van der Waals surface area (Å²) < 4.78 is 0. The van der Waals surface area contributed by atoms with Crippen molar-refractivity contribution in [1.29, 1.82) is 0 Å². The highest BCUT2D eigenvalue weighted by molar-refractivity contribution is 5.27. The van der Waals surface area contributed by atoms with Crippen molar-refractivity contribution in [2.45, 2.75) is 36.9 Å². The molecule has 0 radical (unpaired) electrons. The largest absolute Gasteiger partial charge is 0.389 e. The molecule has 1 saturated heterocycles. The number of piperidine rings is 1. The monoisotopic (exact) mass is 357 g/mol. The predicted octanol–water partition coefficient (Wildman–Crippen LogP) is 5.17. The minimum atomic E-state index is -0.727. The Hall–Kier alpha value is -2.42. The van der Waals surface area contributed by atoms with Gasteiger partial charge in [-0.15, -0.1) is 0 Å². The maximum absolute atomic E-state index is 11.7. The lowest BCUT2D eigenvalue weighted by molar-refractivity contribution is -0.0682. The molecule has 1 fully saturated rings. The van der Waals surface area contributed by atoms with Crippen molar-refractivity contribution in [2.75, 3.05) is 7.05 Å². The van der Waals surface area contributed by atoms with E-state index in [2.05, 4.69) is 96.9 Å². The molecular formula is C25H27NO. The Morgan fingerprint density at radius 3 is 1.59 bits per heavy atom. The maximum atomic E-state index is 11.7. The third kappa shape index (κ3) is 3.97. The van der Waals surface area contributed by atoms with Crippen molar-refractivity contribution >= 4 is 0 Å². The fourth-order valence-electron chi connectivity index (χ4n) is 4.48.